The zero-order valence-corrected chi connectivity index (χ0v) is 13.1. The van der Waals surface area contributed by atoms with Crippen LogP contribution in [-0.4, -0.2) is 34.2 Å². The van der Waals surface area contributed by atoms with Gasteiger partial charge in [0.05, 0.1) is 17.3 Å². The van der Waals surface area contributed by atoms with Crippen molar-refractivity contribution >= 4 is 11.3 Å². The van der Waals surface area contributed by atoms with Crippen molar-refractivity contribution in [2.24, 2.45) is 0 Å². The molecule has 0 amide bonds. The van der Waals surface area contributed by atoms with Crippen molar-refractivity contribution in [2.75, 3.05) is 13.2 Å². The van der Waals surface area contributed by atoms with Crippen LogP contribution in [0.3, 0.4) is 0 Å². The summed E-state index contributed by atoms with van der Waals surface area (Å²) in [5, 5.41) is 12.8. The molecule has 112 valence electrons. The largest absolute Gasteiger partial charge is 0.395 e. The summed E-state index contributed by atoms with van der Waals surface area (Å²) >= 11 is 1.76. The van der Waals surface area contributed by atoms with Crippen LogP contribution in [0.2, 0.25) is 0 Å². The summed E-state index contributed by atoms with van der Waals surface area (Å²) in [5.41, 5.74) is 2.53. The average molecular weight is 302 g/mol. The minimum atomic E-state index is 0.269. The third kappa shape index (κ3) is 3.90. The summed E-state index contributed by atoms with van der Waals surface area (Å²) in [6.45, 7) is 2.24. The van der Waals surface area contributed by atoms with Crippen molar-refractivity contribution in [2.45, 2.75) is 38.3 Å². The van der Waals surface area contributed by atoms with Gasteiger partial charge in [-0.2, -0.15) is 0 Å². The molecular weight excluding hydrogens is 280 g/mol. The van der Waals surface area contributed by atoms with Crippen LogP contribution in [0.1, 0.15) is 29.1 Å². The van der Waals surface area contributed by atoms with Gasteiger partial charge < -0.3 is 5.11 Å². The zero-order chi connectivity index (χ0) is 14.5. The van der Waals surface area contributed by atoms with Crippen LogP contribution < -0.4 is 0 Å². The highest BCUT2D eigenvalue weighted by Gasteiger charge is 2.24. The second kappa shape index (κ2) is 7.16. The summed E-state index contributed by atoms with van der Waals surface area (Å²) in [6.07, 6.45) is 4.37. The third-order valence-corrected chi connectivity index (χ3v) is 5.10. The van der Waals surface area contributed by atoms with Gasteiger partial charge in [-0.15, -0.1) is 11.3 Å². The monoisotopic (exact) mass is 302 g/mol. The molecule has 1 unspecified atom stereocenters. The van der Waals surface area contributed by atoms with Crippen molar-refractivity contribution in [3.63, 3.8) is 0 Å². The first-order valence-corrected chi connectivity index (χ1v) is 8.55. The number of hydrogen-bond donors (Lipinski definition) is 1. The molecule has 1 aromatic carbocycles. The highest BCUT2D eigenvalue weighted by atomic mass is 32.1. The third-order valence-electron chi connectivity index (χ3n) is 4.14. The van der Waals surface area contributed by atoms with Gasteiger partial charge in [0.25, 0.3) is 0 Å². The number of hydrogen-bond acceptors (Lipinski definition) is 4. The van der Waals surface area contributed by atoms with E-state index in [4.69, 9.17) is 4.98 Å². The molecule has 1 saturated heterocycles. The van der Waals surface area contributed by atoms with E-state index >= 15 is 0 Å². The number of rotatable bonds is 6. The molecule has 21 heavy (non-hydrogen) atoms. The fourth-order valence-corrected chi connectivity index (χ4v) is 3.74. The summed E-state index contributed by atoms with van der Waals surface area (Å²) in [4.78, 5) is 7.11. The lowest BCUT2D eigenvalue weighted by Crippen LogP contribution is -2.31. The molecule has 0 spiro atoms. The first-order valence-electron chi connectivity index (χ1n) is 7.67. The molecule has 1 aliphatic rings. The van der Waals surface area contributed by atoms with Crippen molar-refractivity contribution < 1.29 is 5.11 Å². The Kier molecular flexibility index (Phi) is 5.01. The van der Waals surface area contributed by atoms with E-state index in [-0.39, 0.29) is 6.61 Å². The lowest BCUT2D eigenvalue weighted by molar-refractivity contribution is 0.152. The van der Waals surface area contributed by atoms with Gasteiger partial charge in [-0.25, -0.2) is 4.98 Å². The molecule has 0 bridgehead atoms. The average Bonchev–Trinajstić information content (AvgIpc) is 3.16. The Morgan fingerprint density at radius 2 is 2.10 bits per heavy atom. The number of aromatic nitrogens is 1. The molecule has 1 atom stereocenters. The Morgan fingerprint density at radius 3 is 2.90 bits per heavy atom. The number of likely N-dealkylation sites (tertiary alicyclic amines) is 1. The van der Waals surface area contributed by atoms with Gasteiger partial charge in [0.2, 0.25) is 0 Å². The molecule has 1 fully saturated rings. The molecule has 1 aromatic heterocycles. The van der Waals surface area contributed by atoms with Crippen LogP contribution in [0.25, 0.3) is 0 Å². The van der Waals surface area contributed by atoms with Gasteiger partial charge in [0.15, 0.2) is 0 Å². The minimum absolute atomic E-state index is 0.269. The number of nitrogens with zero attached hydrogens (tertiary/aromatic N) is 2. The fourth-order valence-electron chi connectivity index (χ4n) is 2.95. The first-order chi connectivity index (χ1) is 10.3. The number of aliphatic hydroxyl groups is 1. The van der Waals surface area contributed by atoms with Crippen molar-refractivity contribution in [3.8, 4) is 0 Å². The van der Waals surface area contributed by atoms with Gasteiger partial charge in [-0.3, -0.25) is 4.90 Å². The number of aryl methyl sites for hydroxylation is 2. The standard InChI is InChI=1S/C17H22N2OS/c20-12-16-7-4-10-19(16)11-15-13-21-17(18-15)9-8-14-5-2-1-3-6-14/h1-3,5-6,13,16,20H,4,7-12H2. The van der Waals surface area contributed by atoms with E-state index in [1.54, 1.807) is 11.3 Å². The normalized spacial score (nSPS) is 19.2. The smallest absolute Gasteiger partial charge is 0.0932 e. The Hall–Kier alpha value is -1.23. The molecule has 1 N–H and O–H groups in total. The van der Waals surface area contributed by atoms with Crippen LogP contribution in [-0.2, 0) is 19.4 Å². The molecular formula is C17H22N2OS. The molecule has 0 aliphatic carbocycles. The van der Waals surface area contributed by atoms with E-state index in [1.807, 2.05) is 0 Å². The van der Waals surface area contributed by atoms with Crippen LogP contribution in [0, 0.1) is 0 Å². The summed E-state index contributed by atoms with van der Waals surface area (Å²) in [6, 6.07) is 10.9. The maximum Gasteiger partial charge on any atom is 0.0932 e. The predicted molar refractivity (Wildman–Crippen MR) is 86.5 cm³/mol. The summed E-state index contributed by atoms with van der Waals surface area (Å²) < 4.78 is 0. The lowest BCUT2D eigenvalue weighted by atomic mass is 10.1. The second-order valence-corrected chi connectivity index (χ2v) is 6.61. The lowest BCUT2D eigenvalue weighted by Gasteiger charge is -2.21. The molecule has 3 rings (SSSR count). The topological polar surface area (TPSA) is 36.4 Å². The number of benzene rings is 1. The van der Waals surface area contributed by atoms with Gasteiger partial charge >= 0.3 is 0 Å². The van der Waals surface area contributed by atoms with Crippen molar-refractivity contribution in [1.29, 1.82) is 0 Å². The molecule has 2 heterocycles. The molecule has 0 radical (unpaired) electrons. The summed E-state index contributed by atoms with van der Waals surface area (Å²) in [7, 11) is 0. The minimum Gasteiger partial charge on any atom is -0.395 e. The SMILES string of the molecule is OCC1CCCN1Cc1csc(CCc2ccccc2)n1. The molecule has 1 aliphatic heterocycles. The van der Waals surface area contributed by atoms with Crippen molar-refractivity contribution in [3.05, 3.63) is 52.0 Å². The first kappa shape index (κ1) is 14.7. The Morgan fingerprint density at radius 1 is 1.24 bits per heavy atom. The van der Waals surface area contributed by atoms with Crippen molar-refractivity contribution in [1.82, 2.24) is 9.88 Å². The molecule has 0 saturated carbocycles. The molecule has 2 aromatic rings. The van der Waals surface area contributed by atoms with E-state index in [1.165, 1.54) is 17.0 Å². The van der Waals surface area contributed by atoms with E-state index < -0.39 is 0 Å². The van der Waals surface area contributed by atoms with Crippen LogP contribution >= 0.6 is 11.3 Å². The van der Waals surface area contributed by atoms with Crippen LogP contribution in [0.15, 0.2) is 35.7 Å². The van der Waals surface area contributed by atoms with Gasteiger partial charge in [-0.05, 0) is 31.4 Å². The fraction of sp³-hybridized carbons (Fsp3) is 0.471. The van der Waals surface area contributed by atoms with E-state index in [2.05, 4.69) is 40.6 Å². The predicted octanol–water partition coefficient (Wildman–Crippen LogP) is 2.89. The highest BCUT2D eigenvalue weighted by molar-refractivity contribution is 7.09. The van der Waals surface area contributed by atoms with Gasteiger partial charge in [0.1, 0.15) is 0 Å². The quantitative estimate of drug-likeness (QED) is 0.891. The van der Waals surface area contributed by atoms with Gasteiger partial charge in [0, 0.05) is 24.4 Å². The zero-order valence-electron chi connectivity index (χ0n) is 12.2. The maximum absolute atomic E-state index is 9.37. The van der Waals surface area contributed by atoms with E-state index in [0.29, 0.717) is 6.04 Å². The summed E-state index contributed by atoms with van der Waals surface area (Å²) in [5.74, 6) is 0. The molecule has 4 heteroatoms. The van der Waals surface area contributed by atoms with E-state index in [9.17, 15) is 5.11 Å². The highest BCUT2D eigenvalue weighted by Crippen LogP contribution is 2.21. The van der Waals surface area contributed by atoms with E-state index in [0.717, 1.165) is 38.0 Å². The van der Waals surface area contributed by atoms with Crippen LogP contribution in [0.5, 0.6) is 0 Å². The Bertz CT molecular complexity index is 555. The molecule has 3 nitrogen and oxygen atoms in total. The number of thiazole rings is 1. The maximum atomic E-state index is 9.37. The second-order valence-electron chi connectivity index (χ2n) is 5.67. The Labute approximate surface area is 130 Å². The Balaban J connectivity index is 1.54. The van der Waals surface area contributed by atoms with Crippen LogP contribution in [0.4, 0.5) is 0 Å². The number of aliphatic hydroxyl groups excluding tert-OH is 1. The van der Waals surface area contributed by atoms with Gasteiger partial charge in [-0.1, -0.05) is 30.3 Å².